The summed E-state index contributed by atoms with van der Waals surface area (Å²) in [6, 6.07) is 2.84. The van der Waals surface area contributed by atoms with Gasteiger partial charge in [0.05, 0.1) is 0 Å². The Morgan fingerprint density at radius 1 is 1.37 bits per heavy atom. The van der Waals surface area contributed by atoms with Gasteiger partial charge in [-0.05, 0) is 37.8 Å². The van der Waals surface area contributed by atoms with Gasteiger partial charge in [0.25, 0.3) is 0 Å². The zero-order valence-corrected chi connectivity index (χ0v) is 11.3. The van der Waals surface area contributed by atoms with E-state index in [-0.39, 0.29) is 11.4 Å². The summed E-state index contributed by atoms with van der Waals surface area (Å²) in [5.41, 5.74) is 6.65. The van der Waals surface area contributed by atoms with Crippen molar-refractivity contribution in [2.45, 2.75) is 39.0 Å². The van der Waals surface area contributed by atoms with Crippen LogP contribution in [0.1, 0.15) is 48.0 Å². The Morgan fingerprint density at radius 3 is 2.68 bits per heavy atom. The Bertz CT molecular complexity index is 467. The van der Waals surface area contributed by atoms with Crippen molar-refractivity contribution in [1.82, 2.24) is 0 Å². The second-order valence-corrected chi connectivity index (χ2v) is 5.38. The number of carbonyl (C=O) groups excluding carboxylic acids is 1. The molecule has 4 heteroatoms. The summed E-state index contributed by atoms with van der Waals surface area (Å²) < 4.78 is 13.7. The van der Waals surface area contributed by atoms with E-state index in [0.717, 1.165) is 6.54 Å². The maximum absolute atomic E-state index is 13.7. The van der Waals surface area contributed by atoms with Gasteiger partial charge >= 0.3 is 0 Å². The summed E-state index contributed by atoms with van der Waals surface area (Å²) in [4.78, 5) is 11.2. The average Bonchev–Trinajstić information content (AvgIpc) is 2.41. The number of hydrogen-bond donors (Lipinski definition) is 2. The number of amides is 1. The number of benzene rings is 1. The van der Waals surface area contributed by atoms with E-state index in [0.29, 0.717) is 17.2 Å². The lowest BCUT2D eigenvalue weighted by Crippen LogP contribution is -2.18. The fraction of sp³-hybridized carbons (Fsp3) is 0.533. The van der Waals surface area contributed by atoms with E-state index in [1.165, 1.54) is 38.2 Å². The molecule has 0 radical (unpaired) electrons. The fourth-order valence-corrected chi connectivity index (χ4v) is 2.65. The first kappa shape index (κ1) is 13.8. The molecule has 2 rings (SSSR count). The molecule has 3 nitrogen and oxygen atoms in total. The van der Waals surface area contributed by atoms with Gasteiger partial charge in [-0.2, -0.15) is 0 Å². The third-order valence-corrected chi connectivity index (χ3v) is 3.93. The van der Waals surface area contributed by atoms with E-state index in [2.05, 4.69) is 5.32 Å². The van der Waals surface area contributed by atoms with Crippen LogP contribution in [0.25, 0.3) is 0 Å². The van der Waals surface area contributed by atoms with Gasteiger partial charge in [0, 0.05) is 23.4 Å². The number of rotatable bonds is 4. The lowest BCUT2D eigenvalue weighted by molar-refractivity contribution is 0.1000. The van der Waals surface area contributed by atoms with E-state index in [1.807, 2.05) is 0 Å². The summed E-state index contributed by atoms with van der Waals surface area (Å²) in [7, 11) is 0. The van der Waals surface area contributed by atoms with Gasteiger partial charge in [-0.15, -0.1) is 0 Å². The molecule has 0 spiro atoms. The molecule has 1 aliphatic rings. The maximum Gasteiger partial charge on any atom is 0.248 e. The SMILES string of the molecule is Cc1c(F)cc(C(N)=O)cc1NCC1CCCCC1. The molecule has 0 heterocycles. The number of nitrogens with two attached hydrogens (primary N) is 1. The van der Waals surface area contributed by atoms with E-state index in [9.17, 15) is 9.18 Å². The topological polar surface area (TPSA) is 55.1 Å². The standard InChI is InChI=1S/C15H21FN2O/c1-10-13(16)7-12(15(17)19)8-14(10)18-9-11-5-3-2-4-6-11/h7-8,11,18H,2-6,9H2,1H3,(H2,17,19). The minimum absolute atomic E-state index is 0.217. The van der Waals surface area contributed by atoms with Crippen LogP contribution in [0.5, 0.6) is 0 Å². The predicted molar refractivity (Wildman–Crippen MR) is 74.7 cm³/mol. The number of carbonyl (C=O) groups is 1. The zero-order chi connectivity index (χ0) is 13.8. The molecule has 0 bridgehead atoms. The monoisotopic (exact) mass is 264 g/mol. The van der Waals surface area contributed by atoms with Gasteiger partial charge in [0.15, 0.2) is 0 Å². The van der Waals surface area contributed by atoms with E-state index >= 15 is 0 Å². The highest BCUT2D eigenvalue weighted by atomic mass is 19.1. The van der Waals surface area contributed by atoms with Gasteiger partial charge in [0.2, 0.25) is 5.91 Å². The van der Waals surface area contributed by atoms with Crippen molar-refractivity contribution in [3.8, 4) is 0 Å². The molecule has 0 aliphatic heterocycles. The van der Waals surface area contributed by atoms with Gasteiger partial charge in [0.1, 0.15) is 5.82 Å². The van der Waals surface area contributed by atoms with Gasteiger partial charge in [-0.25, -0.2) is 4.39 Å². The molecule has 1 saturated carbocycles. The highest BCUT2D eigenvalue weighted by molar-refractivity contribution is 5.94. The molecule has 19 heavy (non-hydrogen) atoms. The van der Waals surface area contributed by atoms with Crippen molar-refractivity contribution in [2.24, 2.45) is 11.7 Å². The summed E-state index contributed by atoms with van der Waals surface area (Å²) in [5, 5.41) is 3.27. The quantitative estimate of drug-likeness (QED) is 0.877. The van der Waals surface area contributed by atoms with Crippen LogP contribution in [-0.4, -0.2) is 12.5 Å². The molecule has 0 unspecified atom stereocenters. The van der Waals surface area contributed by atoms with Crippen molar-refractivity contribution in [3.05, 3.63) is 29.1 Å². The average molecular weight is 264 g/mol. The minimum atomic E-state index is -0.598. The van der Waals surface area contributed by atoms with Crippen LogP contribution in [0.15, 0.2) is 12.1 Å². The highest BCUT2D eigenvalue weighted by Crippen LogP contribution is 2.26. The predicted octanol–water partition coefficient (Wildman–Crippen LogP) is 3.23. The van der Waals surface area contributed by atoms with Gasteiger partial charge in [-0.1, -0.05) is 19.3 Å². The molecule has 3 N–H and O–H groups in total. The van der Waals surface area contributed by atoms with E-state index < -0.39 is 5.91 Å². The number of halogens is 1. The molecular weight excluding hydrogens is 243 g/mol. The highest BCUT2D eigenvalue weighted by Gasteiger charge is 2.15. The molecule has 0 atom stereocenters. The number of anilines is 1. The lowest BCUT2D eigenvalue weighted by Gasteiger charge is -2.23. The molecule has 1 fully saturated rings. The molecule has 0 aromatic heterocycles. The Labute approximate surface area is 113 Å². The van der Waals surface area contributed by atoms with E-state index in [1.54, 1.807) is 13.0 Å². The van der Waals surface area contributed by atoms with Crippen molar-refractivity contribution < 1.29 is 9.18 Å². The van der Waals surface area contributed by atoms with Crippen LogP contribution < -0.4 is 11.1 Å². The molecule has 104 valence electrons. The fourth-order valence-electron chi connectivity index (χ4n) is 2.65. The van der Waals surface area contributed by atoms with Crippen molar-refractivity contribution >= 4 is 11.6 Å². The van der Waals surface area contributed by atoms with Crippen molar-refractivity contribution in [3.63, 3.8) is 0 Å². The van der Waals surface area contributed by atoms with Crippen LogP contribution in [-0.2, 0) is 0 Å². The van der Waals surface area contributed by atoms with E-state index in [4.69, 9.17) is 5.73 Å². The number of nitrogens with one attached hydrogen (secondary N) is 1. The molecule has 0 saturated heterocycles. The molecule has 1 aromatic carbocycles. The number of primary amides is 1. The van der Waals surface area contributed by atoms with Gasteiger partial charge in [-0.3, -0.25) is 4.79 Å². The second kappa shape index (κ2) is 6.04. The number of hydrogen-bond acceptors (Lipinski definition) is 2. The van der Waals surface area contributed by atoms with Crippen LogP contribution in [0, 0.1) is 18.7 Å². The summed E-state index contributed by atoms with van der Waals surface area (Å²) in [6.45, 7) is 2.55. The van der Waals surface area contributed by atoms with Crippen LogP contribution in [0.3, 0.4) is 0 Å². The Kier molecular flexibility index (Phi) is 4.40. The van der Waals surface area contributed by atoms with Crippen LogP contribution >= 0.6 is 0 Å². The Morgan fingerprint density at radius 2 is 2.05 bits per heavy atom. The van der Waals surface area contributed by atoms with Gasteiger partial charge < -0.3 is 11.1 Å². The molecule has 1 aromatic rings. The summed E-state index contributed by atoms with van der Waals surface area (Å²) in [6.07, 6.45) is 6.33. The van der Waals surface area contributed by atoms with Crippen molar-refractivity contribution in [1.29, 1.82) is 0 Å². The van der Waals surface area contributed by atoms with Crippen LogP contribution in [0.2, 0.25) is 0 Å². The smallest absolute Gasteiger partial charge is 0.248 e. The summed E-state index contributed by atoms with van der Waals surface area (Å²) in [5.74, 6) is -0.337. The largest absolute Gasteiger partial charge is 0.384 e. The zero-order valence-electron chi connectivity index (χ0n) is 11.3. The molecule has 1 aliphatic carbocycles. The first-order chi connectivity index (χ1) is 9.08. The third-order valence-electron chi connectivity index (χ3n) is 3.93. The molecule has 1 amide bonds. The Balaban J connectivity index is 2.08. The van der Waals surface area contributed by atoms with Crippen molar-refractivity contribution in [2.75, 3.05) is 11.9 Å². The first-order valence-electron chi connectivity index (χ1n) is 6.91. The maximum atomic E-state index is 13.7. The summed E-state index contributed by atoms with van der Waals surface area (Å²) >= 11 is 0. The lowest BCUT2D eigenvalue weighted by atomic mass is 9.89. The minimum Gasteiger partial charge on any atom is -0.384 e. The third kappa shape index (κ3) is 3.46. The first-order valence-corrected chi connectivity index (χ1v) is 6.91. The van der Waals surface area contributed by atoms with Crippen LogP contribution in [0.4, 0.5) is 10.1 Å². The second-order valence-electron chi connectivity index (χ2n) is 5.38. The Hall–Kier alpha value is -1.58. The normalized spacial score (nSPS) is 16.3. The molecular formula is C15H21FN2O.